The van der Waals surface area contributed by atoms with Crippen LogP contribution in [0.1, 0.15) is 5.56 Å². The van der Waals surface area contributed by atoms with E-state index in [1.165, 1.54) is 24.4 Å². The van der Waals surface area contributed by atoms with E-state index in [-0.39, 0.29) is 22.3 Å². The highest BCUT2D eigenvalue weighted by molar-refractivity contribution is 7.92. The molecule has 0 bridgehead atoms. The Morgan fingerprint density at radius 3 is 2.60 bits per heavy atom. The second kappa shape index (κ2) is 5.92. The van der Waals surface area contributed by atoms with Crippen LogP contribution in [-0.4, -0.2) is 18.6 Å². The molecule has 2 aromatic rings. The van der Waals surface area contributed by atoms with E-state index in [2.05, 4.69) is 14.9 Å². The third-order valence-electron chi connectivity index (χ3n) is 2.46. The number of nitrogens with two attached hydrogens (primary N) is 1. The Hall–Kier alpha value is -1.41. The van der Waals surface area contributed by atoms with Crippen LogP contribution < -0.4 is 10.5 Å². The fourth-order valence-electron chi connectivity index (χ4n) is 1.52. The van der Waals surface area contributed by atoms with Crippen LogP contribution in [0, 0.1) is 0 Å². The molecule has 20 heavy (non-hydrogen) atoms. The van der Waals surface area contributed by atoms with Crippen LogP contribution >= 0.6 is 23.2 Å². The Morgan fingerprint density at radius 2 is 2.00 bits per heavy atom. The van der Waals surface area contributed by atoms with Gasteiger partial charge in [-0.3, -0.25) is 4.72 Å². The van der Waals surface area contributed by atoms with Crippen LogP contribution in [-0.2, 0) is 16.6 Å². The van der Waals surface area contributed by atoms with Crippen molar-refractivity contribution < 1.29 is 8.42 Å². The van der Waals surface area contributed by atoms with Crippen LogP contribution in [0.4, 0.5) is 5.82 Å². The van der Waals surface area contributed by atoms with Crippen molar-refractivity contribution in [1.82, 2.24) is 10.2 Å². The van der Waals surface area contributed by atoms with Gasteiger partial charge in [-0.05, 0) is 24.3 Å². The van der Waals surface area contributed by atoms with Gasteiger partial charge >= 0.3 is 0 Å². The van der Waals surface area contributed by atoms with E-state index in [4.69, 9.17) is 28.9 Å². The van der Waals surface area contributed by atoms with E-state index >= 15 is 0 Å². The average molecular weight is 333 g/mol. The Kier molecular flexibility index (Phi) is 4.44. The molecule has 1 heterocycles. The van der Waals surface area contributed by atoms with Gasteiger partial charge in [-0.15, -0.1) is 5.10 Å². The van der Waals surface area contributed by atoms with Crippen LogP contribution in [0.25, 0.3) is 0 Å². The molecule has 6 nitrogen and oxygen atoms in total. The highest BCUT2D eigenvalue weighted by Crippen LogP contribution is 2.31. The third-order valence-corrected chi connectivity index (χ3v) is 4.75. The van der Waals surface area contributed by atoms with Crippen molar-refractivity contribution >= 4 is 39.0 Å². The standard InChI is InChI=1S/C11H10Cl2N4O2S/c12-8-3-4-9(11(13)7(8)6-14)20(18,19)17-10-2-1-5-15-16-10/h1-5H,6,14H2,(H,16,17). The zero-order chi connectivity index (χ0) is 14.8. The maximum absolute atomic E-state index is 12.3. The van der Waals surface area contributed by atoms with Gasteiger partial charge in [0.1, 0.15) is 4.90 Å². The largest absolute Gasteiger partial charge is 0.326 e. The second-order valence-electron chi connectivity index (χ2n) is 3.76. The molecule has 1 aromatic carbocycles. The molecule has 0 unspecified atom stereocenters. The van der Waals surface area contributed by atoms with Crippen LogP contribution in [0.2, 0.25) is 10.0 Å². The summed E-state index contributed by atoms with van der Waals surface area (Å²) in [5.74, 6) is 0.0906. The van der Waals surface area contributed by atoms with Gasteiger partial charge in [0, 0.05) is 23.3 Å². The number of hydrogen-bond acceptors (Lipinski definition) is 5. The van der Waals surface area contributed by atoms with Gasteiger partial charge in [0.05, 0.1) is 5.02 Å². The van der Waals surface area contributed by atoms with Crippen LogP contribution in [0.3, 0.4) is 0 Å². The molecule has 0 spiro atoms. The van der Waals surface area contributed by atoms with Crippen molar-refractivity contribution in [2.24, 2.45) is 5.73 Å². The molecule has 1 aromatic heterocycles. The van der Waals surface area contributed by atoms with Crippen LogP contribution in [0.5, 0.6) is 0 Å². The topological polar surface area (TPSA) is 98.0 Å². The van der Waals surface area contributed by atoms with E-state index in [1.807, 2.05) is 0 Å². The summed E-state index contributed by atoms with van der Waals surface area (Å²) in [4.78, 5) is -0.116. The van der Waals surface area contributed by atoms with Gasteiger partial charge in [-0.2, -0.15) is 5.10 Å². The summed E-state index contributed by atoms with van der Waals surface area (Å²) >= 11 is 12.0. The summed E-state index contributed by atoms with van der Waals surface area (Å²) in [6.45, 7) is 0.0339. The molecule has 0 aliphatic heterocycles. The third kappa shape index (κ3) is 3.01. The number of nitrogens with one attached hydrogen (secondary N) is 1. The van der Waals surface area contributed by atoms with Crippen molar-refractivity contribution in [3.05, 3.63) is 46.1 Å². The molecule has 9 heteroatoms. The normalized spacial score (nSPS) is 11.3. The van der Waals surface area contributed by atoms with Crippen molar-refractivity contribution in [1.29, 1.82) is 0 Å². The maximum atomic E-state index is 12.3. The zero-order valence-corrected chi connectivity index (χ0v) is 12.4. The molecule has 0 fully saturated rings. The number of nitrogens with zero attached hydrogens (tertiary/aromatic N) is 2. The first-order chi connectivity index (χ1) is 9.45. The second-order valence-corrected chi connectivity index (χ2v) is 6.19. The quantitative estimate of drug-likeness (QED) is 0.892. The number of sulfonamides is 1. The van der Waals surface area contributed by atoms with Crippen molar-refractivity contribution in [3.8, 4) is 0 Å². The summed E-state index contributed by atoms with van der Waals surface area (Å²) < 4.78 is 26.8. The van der Waals surface area contributed by atoms with E-state index in [0.29, 0.717) is 10.6 Å². The summed E-state index contributed by atoms with van der Waals surface area (Å²) in [6, 6.07) is 5.77. The van der Waals surface area contributed by atoms with Crippen molar-refractivity contribution in [3.63, 3.8) is 0 Å². The Labute approximate surface area is 126 Å². The minimum absolute atomic E-state index is 0.00334. The summed E-state index contributed by atoms with van der Waals surface area (Å²) in [6.07, 6.45) is 1.43. The van der Waals surface area contributed by atoms with Crippen molar-refractivity contribution in [2.45, 2.75) is 11.4 Å². The SMILES string of the molecule is NCc1c(Cl)ccc(S(=O)(=O)Nc2cccnn2)c1Cl. The number of halogens is 2. The molecule has 0 amide bonds. The number of anilines is 1. The van der Waals surface area contributed by atoms with Gasteiger partial charge < -0.3 is 5.73 Å². The molecule has 3 N–H and O–H groups in total. The lowest BCUT2D eigenvalue weighted by molar-refractivity contribution is 0.601. The number of hydrogen-bond donors (Lipinski definition) is 2. The van der Waals surface area contributed by atoms with E-state index in [1.54, 1.807) is 6.07 Å². The minimum Gasteiger partial charge on any atom is -0.326 e. The van der Waals surface area contributed by atoms with Gasteiger partial charge in [0.15, 0.2) is 5.82 Å². The number of rotatable bonds is 4. The number of benzene rings is 1. The van der Waals surface area contributed by atoms with Crippen molar-refractivity contribution in [2.75, 3.05) is 4.72 Å². The molecular weight excluding hydrogens is 323 g/mol. The molecule has 0 saturated heterocycles. The first kappa shape index (κ1) is 15.0. The first-order valence-electron chi connectivity index (χ1n) is 5.43. The molecule has 0 aliphatic rings. The highest BCUT2D eigenvalue weighted by Gasteiger charge is 2.21. The van der Waals surface area contributed by atoms with Gasteiger partial charge in [-0.1, -0.05) is 23.2 Å². The number of aromatic nitrogens is 2. The van der Waals surface area contributed by atoms with Gasteiger partial charge in [0.2, 0.25) is 0 Å². The zero-order valence-electron chi connectivity index (χ0n) is 10.0. The highest BCUT2D eigenvalue weighted by atomic mass is 35.5. The molecule has 2 rings (SSSR count). The molecule has 106 valence electrons. The smallest absolute Gasteiger partial charge is 0.264 e. The lowest BCUT2D eigenvalue weighted by Crippen LogP contribution is -2.15. The predicted octanol–water partition coefficient (Wildman–Crippen LogP) is 2.04. The maximum Gasteiger partial charge on any atom is 0.264 e. The Balaban J connectivity index is 2.45. The van der Waals surface area contributed by atoms with E-state index in [9.17, 15) is 8.42 Å². The fraction of sp³-hybridized carbons (Fsp3) is 0.0909. The summed E-state index contributed by atoms with van der Waals surface area (Å²) in [5.41, 5.74) is 5.88. The monoisotopic (exact) mass is 332 g/mol. The Bertz CT molecular complexity index is 723. The molecule has 0 saturated carbocycles. The van der Waals surface area contributed by atoms with E-state index < -0.39 is 10.0 Å². The van der Waals surface area contributed by atoms with E-state index in [0.717, 1.165) is 0 Å². The fourth-order valence-corrected chi connectivity index (χ4v) is 3.45. The lowest BCUT2D eigenvalue weighted by Gasteiger charge is -2.11. The molecule has 0 aliphatic carbocycles. The lowest BCUT2D eigenvalue weighted by atomic mass is 10.2. The minimum atomic E-state index is -3.89. The van der Waals surface area contributed by atoms with Crippen LogP contribution in [0.15, 0.2) is 35.4 Å². The first-order valence-corrected chi connectivity index (χ1v) is 7.67. The molecule has 0 atom stereocenters. The molecular formula is C11H10Cl2N4O2S. The average Bonchev–Trinajstić information content (AvgIpc) is 2.39. The Morgan fingerprint density at radius 1 is 1.25 bits per heavy atom. The summed E-state index contributed by atoms with van der Waals surface area (Å²) in [7, 11) is -3.89. The molecule has 0 radical (unpaired) electrons. The predicted molar refractivity (Wildman–Crippen MR) is 77.2 cm³/mol. The van der Waals surface area contributed by atoms with Gasteiger partial charge in [0.25, 0.3) is 10.0 Å². The summed E-state index contributed by atoms with van der Waals surface area (Å²) in [5, 5.41) is 7.54. The van der Waals surface area contributed by atoms with Gasteiger partial charge in [-0.25, -0.2) is 8.42 Å².